The highest BCUT2D eigenvalue weighted by Gasteiger charge is 2.54. The molecule has 3 unspecified atom stereocenters. The van der Waals surface area contributed by atoms with E-state index < -0.39 is 5.41 Å². The molecule has 4 nitrogen and oxygen atoms in total. The van der Waals surface area contributed by atoms with Crippen LogP contribution in [0, 0.1) is 0 Å². The van der Waals surface area contributed by atoms with Crippen molar-refractivity contribution >= 4 is 66.4 Å². The van der Waals surface area contributed by atoms with E-state index in [1.54, 1.807) is 0 Å². The number of hydrogen-bond acceptors (Lipinski definition) is 3. The molecule has 13 rings (SSSR count). The maximum absolute atomic E-state index is 7.40. The van der Waals surface area contributed by atoms with Gasteiger partial charge in [0.25, 0.3) is 0 Å². The molecule has 69 heavy (non-hydrogen) atoms. The first kappa shape index (κ1) is 41.1. The van der Waals surface area contributed by atoms with Crippen molar-refractivity contribution in [1.29, 1.82) is 0 Å². The van der Waals surface area contributed by atoms with Gasteiger partial charge < -0.3 is 18.6 Å². The van der Waals surface area contributed by atoms with Crippen LogP contribution in [0.3, 0.4) is 0 Å². The lowest BCUT2D eigenvalue weighted by Gasteiger charge is -2.37. The summed E-state index contributed by atoms with van der Waals surface area (Å²) in [5.74, 6) is 0.991. The number of fused-ring (bicyclic) bond motifs is 13. The van der Waals surface area contributed by atoms with E-state index in [0.29, 0.717) is 0 Å². The molecular weight excluding hydrogens is 841 g/mol. The molecule has 0 amide bonds. The van der Waals surface area contributed by atoms with Crippen molar-refractivity contribution in [3.05, 3.63) is 251 Å². The van der Waals surface area contributed by atoms with Crippen molar-refractivity contribution in [3.63, 3.8) is 0 Å². The largest absolute Gasteiger partial charge is 0.484 e. The quantitative estimate of drug-likeness (QED) is 0.149. The third-order valence-corrected chi connectivity index (χ3v) is 15.1. The zero-order valence-electron chi connectivity index (χ0n) is 39.6. The predicted molar refractivity (Wildman–Crippen MR) is 287 cm³/mol. The van der Waals surface area contributed by atoms with Crippen LogP contribution in [0.1, 0.15) is 68.4 Å². The molecular formula is C65H52N2O2. The van der Waals surface area contributed by atoms with Gasteiger partial charge in [0.1, 0.15) is 23.0 Å². The Hall–Kier alpha value is -8.08. The highest BCUT2D eigenvalue weighted by molar-refractivity contribution is 6.19. The molecule has 2 aliphatic carbocycles. The van der Waals surface area contributed by atoms with Crippen LogP contribution in [0.4, 0.5) is 17.1 Å². The normalized spacial score (nSPS) is 18.6. The van der Waals surface area contributed by atoms with E-state index >= 15 is 0 Å². The lowest BCUT2D eigenvalue weighted by atomic mass is 9.65. The van der Waals surface area contributed by atoms with Crippen LogP contribution >= 0.6 is 0 Å². The van der Waals surface area contributed by atoms with Gasteiger partial charge in [0, 0.05) is 55.8 Å². The molecule has 3 aliphatic rings. The fourth-order valence-corrected chi connectivity index (χ4v) is 12.1. The summed E-state index contributed by atoms with van der Waals surface area (Å²) in [6.07, 6.45) is 11.3. The Bertz CT molecular complexity index is 3820. The van der Waals surface area contributed by atoms with Crippen LogP contribution in [0.25, 0.3) is 55.0 Å². The maximum atomic E-state index is 7.40. The summed E-state index contributed by atoms with van der Waals surface area (Å²) >= 11 is 0. The van der Waals surface area contributed by atoms with E-state index in [0.717, 1.165) is 61.5 Å². The van der Waals surface area contributed by atoms with E-state index in [1.807, 2.05) is 0 Å². The van der Waals surface area contributed by atoms with E-state index in [9.17, 15) is 0 Å². The molecule has 0 N–H and O–H groups in total. The lowest BCUT2D eigenvalue weighted by Crippen LogP contribution is -2.31. The summed E-state index contributed by atoms with van der Waals surface area (Å²) in [4.78, 5) is 2.49. The Kier molecular flexibility index (Phi) is 9.23. The highest BCUT2D eigenvalue weighted by atomic mass is 16.5. The van der Waals surface area contributed by atoms with Crippen molar-refractivity contribution in [2.75, 3.05) is 4.90 Å². The van der Waals surface area contributed by atoms with Gasteiger partial charge in [-0.3, -0.25) is 0 Å². The number of aromatic nitrogens is 1. The number of nitrogens with zero attached hydrogens (tertiary/aromatic N) is 2. The molecule has 4 heteroatoms. The topological polar surface area (TPSA) is 30.5 Å². The minimum absolute atomic E-state index is 0.0243. The average molecular weight is 893 g/mol. The summed E-state index contributed by atoms with van der Waals surface area (Å²) < 4.78 is 17.0. The SMILES string of the molecule is C/C=C\C(=C/C)C1(c2ccccc2)C2=C(c3c1cc(N(c1ccc(C(C)(C)C)cc1)c1ccc4c5ccccc5n(-c5ccccc5)c4c1)c1c3oc3ccccc31)C1Oc3ccccc3C1C=C2. The molecule has 3 heterocycles. The van der Waals surface area contributed by atoms with Crippen molar-refractivity contribution in [3.8, 4) is 11.4 Å². The predicted octanol–water partition coefficient (Wildman–Crippen LogP) is 17.1. The number of hydrogen-bond donors (Lipinski definition) is 0. The van der Waals surface area contributed by atoms with Gasteiger partial charge in [0.2, 0.25) is 0 Å². The number of para-hydroxylation sites is 4. The van der Waals surface area contributed by atoms with Crippen molar-refractivity contribution in [2.24, 2.45) is 0 Å². The van der Waals surface area contributed by atoms with Crippen molar-refractivity contribution in [1.82, 2.24) is 4.57 Å². The van der Waals surface area contributed by atoms with Crippen LogP contribution in [-0.4, -0.2) is 10.7 Å². The molecule has 0 saturated carbocycles. The van der Waals surface area contributed by atoms with Crippen molar-refractivity contribution in [2.45, 2.75) is 57.5 Å². The highest BCUT2D eigenvalue weighted by Crippen LogP contribution is 2.64. The van der Waals surface area contributed by atoms with Crippen molar-refractivity contribution < 1.29 is 9.15 Å². The fraction of sp³-hybridized carbons (Fsp3) is 0.138. The van der Waals surface area contributed by atoms with Gasteiger partial charge in [0.15, 0.2) is 0 Å². The average Bonchev–Trinajstić information content (AvgIpc) is 4.13. The van der Waals surface area contributed by atoms with Crippen LogP contribution in [0.15, 0.2) is 228 Å². The molecule has 0 saturated heterocycles. The monoisotopic (exact) mass is 892 g/mol. The number of ether oxygens (including phenoxy) is 1. The molecule has 3 atom stereocenters. The van der Waals surface area contributed by atoms with Crippen LogP contribution in [-0.2, 0) is 10.8 Å². The first-order valence-electron chi connectivity index (χ1n) is 24.3. The Balaban J connectivity index is 1.18. The first-order chi connectivity index (χ1) is 33.8. The molecule has 10 aromatic rings. The second-order valence-electron chi connectivity index (χ2n) is 19.8. The Labute approximate surface area is 403 Å². The number of allylic oxidation sites excluding steroid dienone is 6. The lowest BCUT2D eigenvalue weighted by molar-refractivity contribution is 0.277. The summed E-state index contributed by atoms with van der Waals surface area (Å²) in [6.45, 7) is 11.2. The number of furan rings is 1. The van der Waals surface area contributed by atoms with Gasteiger partial charge in [-0.2, -0.15) is 0 Å². The smallest absolute Gasteiger partial charge is 0.145 e. The van der Waals surface area contributed by atoms with Crippen LogP contribution in [0.2, 0.25) is 0 Å². The minimum Gasteiger partial charge on any atom is -0.484 e. The maximum Gasteiger partial charge on any atom is 0.145 e. The molecule has 334 valence electrons. The van der Waals surface area contributed by atoms with Crippen LogP contribution < -0.4 is 9.64 Å². The van der Waals surface area contributed by atoms with Gasteiger partial charge in [0.05, 0.1) is 27.5 Å². The van der Waals surface area contributed by atoms with Gasteiger partial charge >= 0.3 is 0 Å². The molecule has 0 radical (unpaired) electrons. The number of anilines is 3. The summed E-state index contributed by atoms with van der Waals surface area (Å²) in [5, 5.41) is 4.56. The van der Waals surface area contributed by atoms with E-state index in [2.05, 4.69) is 256 Å². The summed E-state index contributed by atoms with van der Waals surface area (Å²) in [6, 6.07) is 66.5. The third kappa shape index (κ3) is 5.94. The molecule has 8 aromatic carbocycles. The number of rotatable bonds is 7. The summed E-state index contributed by atoms with van der Waals surface area (Å²) in [7, 11) is 0. The van der Waals surface area contributed by atoms with Gasteiger partial charge in [-0.15, -0.1) is 0 Å². The van der Waals surface area contributed by atoms with Gasteiger partial charge in [-0.25, -0.2) is 0 Å². The minimum atomic E-state index is -0.722. The summed E-state index contributed by atoms with van der Waals surface area (Å²) in [5.41, 5.74) is 17.1. The Morgan fingerprint density at radius 3 is 2.12 bits per heavy atom. The standard InChI is InChI=1S/C65H52N2O2/c1-6-20-41(7-2)65(43-21-10-8-11-22-43)52-38-37-50-49-26-15-18-29-57(49)68-62(50)60(52)61-53(65)40-56(59-51-27-16-19-30-58(51)69-63(59)61)66(45-33-31-42(32-34-45)64(3,4)5)46-35-36-48-47-25-14-17-28-54(47)67(55(48)39-46)44-23-12-9-13-24-44/h6-40,50,62H,1-5H3/b20-6-,41-7+. The van der Waals surface area contributed by atoms with Crippen LogP contribution in [0.5, 0.6) is 5.75 Å². The molecule has 0 spiro atoms. The molecule has 0 fully saturated rings. The third-order valence-electron chi connectivity index (χ3n) is 15.1. The first-order valence-corrected chi connectivity index (χ1v) is 24.3. The number of benzene rings is 8. The van der Waals surface area contributed by atoms with E-state index in [-0.39, 0.29) is 17.4 Å². The Morgan fingerprint density at radius 2 is 1.35 bits per heavy atom. The molecule has 0 bridgehead atoms. The fourth-order valence-electron chi connectivity index (χ4n) is 12.1. The van der Waals surface area contributed by atoms with E-state index in [1.165, 1.54) is 55.3 Å². The van der Waals surface area contributed by atoms with Gasteiger partial charge in [-0.05, 0) is 108 Å². The second kappa shape index (κ2) is 15.5. The zero-order chi connectivity index (χ0) is 46.6. The molecule has 2 aromatic heterocycles. The van der Waals surface area contributed by atoms with E-state index in [4.69, 9.17) is 9.15 Å². The Morgan fingerprint density at radius 1 is 0.667 bits per heavy atom. The zero-order valence-corrected chi connectivity index (χ0v) is 39.6. The molecule has 1 aliphatic heterocycles. The second-order valence-corrected chi connectivity index (χ2v) is 19.8. The van der Waals surface area contributed by atoms with Gasteiger partial charge in [-0.1, -0.05) is 172 Å².